The predicted molar refractivity (Wildman–Crippen MR) is 77.1 cm³/mol. The molecule has 0 spiro atoms. The number of rotatable bonds is 5. The molecule has 0 unspecified atom stereocenters. The molecular formula is C14H19ClN4. The van der Waals surface area contributed by atoms with Gasteiger partial charge in [-0.05, 0) is 38.5 Å². The van der Waals surface area contributed by atoms with Crippen LogP contribution in [0.25, 0.3) is 0 Å². The van der Waals surface area contributed by atoms with Crippen molar-refractivity contribution in [3.05, 3.63) is 46.5 Å². The van der Waals surface area contributed by atoms with Crippen LogP contribution in [0, 0.1) is 6.92 Å². The Kier molecular flexibility index (Phi) is 4.56. The highest BCUT2D eigenvalue weighted by molar-refractivity contribution is 6.31. The fourth-order valence-electron chi connectivity index (χ4n) is 2.06. The maximum absolute atomic E-state index is 6.29. The third kappa shape index (κ3) is 3.14. The average molecular weight is 279 g/mol. The number of halogens is 1. The highest BCUT2D eigenvalue weighted by Crippen LogP contribution is 2.21. The van der Waals surface area contributed by atoms with Crippen LogP contribution in [0.15, 0.2) is 24.5 Å². The smallest absolute Gasteiger partial charge is 0.0860 e. The number of aryl methyl sites for hydroxylation is 2. The summed E-state index contributed by atoms with van der Waals surface area (Å²) in [4.78, 5) is 4.03. The second kappa shape index (κ2) is 6.17. The van der Waals surface area contributed by atoms with Crippen molar-refractivity contribution in [1.29, 1.82) is 0 Å². The van der Waals surface area contributed by atoms with E-state index in [0.29, 0.717) is 6.54 Å². The molecule has 19 heavy (non-hydrogen) atoms. The molecule has 1 atom stereocenters. The minimum absolute atomic E-state index is 0.250. The highest BCUT2D eigenvalue weighted by atomic mass is 35.5. The van der Waals surface area contributed by atoms with Crippen LogP contribution in [-0.4, -0.2) is 14.8 Å². The van der Waals surface area contributed by atoms with Crippen molar-refractivity contribution in [2.75, 3.05) is 0 Å². The Morgan fingerprint density at radius 1 is 1.37 bits per heavy atom. The molecule has 2 aromatic heterocycles. The Labute approximate surface area is 118 Å². The van der Waals surface area contributed by atoms with Crippen LogP contribution in [0.3, 0.4) is 0 Å². The summed E-state index contributed by atoms with van der Waals surface area (Å²) in [7, 11) is 0. The summed E-state index contributed by atoms with van der Waals surface area (Å²) in [6.07, 6.45) is 3.61. The Morgan fingerprint density at radius 3 is 2.68 bits per heavy atom. The Morgan fingerprint density at radius 2 is 2.05 bits per heavy atom. The zero-order valence-corrected chi connectivity index (χ0v) is 12.3. The van der Waals surface area contributed by atoms with Crippen molar-refractivity contribution in [3.63, 3.8) is 0 Å². The average Bonchev–Trinajstić information content (AvgIpc) is 2.72. The first kappa shape index (κ1) is 14.0. The van der Waals surface area contributed by atoms with Gasteiger partial charge in [0.25, 0.3) is 0 Å². The van der Waals surface area contributed by atoms with Crippen molar-refractivity contribution in [1.82, 2.24) is 20.1 Å². The second-order valence-electron chi connectivity index (χ2n) is 4.54. The number of nitrogens with one attached hydrogen (secondary N) is 1. The van der Waals surface area contributed by atoms with Crippen molar-refractivity contribution in [3.8, 4) is 0 Å². The normalized spacial score (nSPS) is 12.6. The summed E-state index contributed by atoms with van der Waals surface area (Å²) in [5.74, 6) is 0. The monoisotopic (exact) mass is 278 g/mol. The van der Waals surface area contributed by atoms with Gasteiger partial charge in [-0.1, -0.05) is 11.6 Å². The van der Waals surface area contributed by atoms with Gasteiger partial charge in [0.2, 0.25) is 0 Å². The third-order valence-electron chi connectivity index (χ3n) is 3.23. The Balaban J connectivity index is 2.07. The molecule has 0 aliphatic rings. The standard InChI is InChI=1S/C14H19ClN4/c1-4-19-13(14(15)11(3)18-19)9-17-10(2)12-5-7-16-8-6-12/h5-8,10,17H,4,9H2,1-3H3/t10-/m1/s1. The molecule has 102 valence electrons. The number of nitrogens with zero attached hydrogens (tertiary/aromatic N) is 3. The van der Waals surface area contributed by atoms with Gasteiger partial charge >= 0.3 is 0 Å². The van der Waals surface area contributed by atoms with Crippen LogP contribution in [0.2, 0.25) is 5.02 Å². The Bertz CT molecular complexity index is 536. The first-order valence-electron chi connectivity index (χ1n) is 6.48. The first-order chi connectivity index (χ1) is 9.13. The summed E-state index contributed by atoms with van der Waals surface area (Å²) in [5.41, 5.74) is 3.14. The van der Waals surface area contributed by atoms with E-state index >= 15 is 0 Å². The molecule has 0 radical (unpaired) electrons. The van der Waals surface area contributed by atoms with Gasteiger partial charge in [-0.25, -0.2) is 0 Å². The van der Waals surface area contributed by atoms with E-state index in [-0.39, 0.29) is 6.04 Å². The third-order valence-corrected chi connectivity index (χ3v) is 3.73. The van der Waals surface area contributed by atoms with Crippen LogP contribution >= 0.6 is 11.6 Å². The van der Waals surface area contributed by atoms with Gasteiger partial charge in [0.05, 0.1) is 16.4 Å². The molecule has 0 aliphatic heterocycles. The molecule has 0 bridgehead atoms. The lowest BCUT2D eigenvalue weighted by Gasteiger charge is -2.14. The summed E-state index contributed by atoms with van der Waals surface area (Å²) < 4.78 is 1.95. The summed E-state index contributed by atoms with van der Waals surface area (Å²) in [6.45, 7) is 7.66. The summed E-state index contributed by atoms with van der Waals surface area (Å²) in [5, 5.41) is 8.65. The zero-order chi connectivity index (χ0) is 13.8. The number of hydrogen-bond donors (Lipinski definition) is 1. The fraction of sp³-hybridized carbons (Fsp3) is 0.429. The molecule has 0 aliphatic carbocycles. The van der Waals surface area contributed by atoms with Crippen molar-refractivity contribution >= 4 is 11.6 Å². The lowest BCUT2D eigenvalue weighted by Crippen LogP contribution is -2.20. The quantitative estimate of drug-likeness (QED) is 0.914. The number of aromatic nitrogens is 3. The molecule has 0 aromatic carbocycles. The first-order valence-corrected chi connectivity index (χ1v) is 6.86. The molecule has 0 saturated carbocycles. The molecule has 2 aromatic rings. The lowest BCUT2D eigenvalue weighted by atomic mass is 10.1. The minimum atomic E-state index is 0.250. The van der Waals surface area contributed by atoms with Crippen molar-refractivity contribution in [2.45, 2.75) is 39.9 Å². The molecule has 0 saturated heterocycles. The molecule has 0 fully saturated rings. The molecular weight excluding hydrogens is 260 g/mol. The van der Waals surface area contributed by atoms with E-state index in [1.54, 1.807) is 12.4 Å². The topological polar surface area (TPSA) is 42.7 Å². The van der Waals surface area contributed by atoms with Crippen LogP contribution in [0.4, 0.5) is 0 Å². The van der Waals surface area contributed by atoms with E-state index in [9.17, 15) is 0 Å². The maximum atomic E-state index is 6.29. The van der Waals surface area contributed by atoms with Crippen LogP contribution in [0.5, 0.6) is 0 Å². The largest absolute Gasteiger partial charge is 0.305 e. The number of pyridine rings is 1. The fourth-order valence-corrected chi connectivity index (χ4v) is 2.26. The van der Waals surface area contributed by atoms with Gasteiger partial charge in [0.15, 0.2) is 0 Å². The van der Waals surface area contributed by atoms with E-state index in [1.807, 2.05) is 23.7 Å². The van der Waals surface area contributed by atoms with Crippen molar-refractivity contribution in [2.24, 2.45) is 0 Å². The maximum Gasteiger partial charge on any atom is 0.0860 e. The van der Waals surface area contributed by atoms with Gasteiger partial charge in [0.1, 0.15) is 0 Å². The van der Waals surface area contributed by atoms with Gasteiger partial charge < -0.3 is 5.32 Å². The second-order valence-corrected chi connectivity index (χ2v) is 4.92. The highest BCUT2D eigenvalue weighted by Gasteiger charge is 2.13. The lowest BCUT2D eigenvalue weighted by molar-refractivity contribution is 0.530. The molecule has 1 N–H and O–H groups in total. The molecule has 0 amide bonds. The van der Waals surface area contributed by atoms with Gasteiger partial charge in [-0.2, -0.15) is 5.10 Å². The number of hydrogen-bond acceptors (Lipinski definition) is 3. The molecule has 2 rings (SSSR count). The van der Waals surface area contributed by atoms with Gasteiger partial charge in [-0.3, -0.25) is 9.67 Å². The summed E-state index contributed by atoms with van der Waals surface area (Å²) in [6, 6.07) is 4.28. The predicted octanol–water partition coefficient (Wildman–Crippen LogP) is 3.11. The van der Waals surface area contributed by atoms with E-state index in [4.69, 9.17) is 11.6 Å². The van der Waals surface area contributed by atoms with Gasteiger partial charge in [0, 0.05) is 31.5 Å². The van der Waals surface area contributed by atoms with E-state index < -0.39 is 0 Å². The van der Waals surface area contributed by atoms with E-state index in [1.165, 1.54) is 5.56 Å². The van der Waals surface area contributed by atoms with Gasteiger partial charge in [-0.15, -0.1) is 0 Å². The van der Waals surface area contributed by atoms with E-state index in [2.05, 4.69) is 29.2 Å². The minimum Gasteiger partial charge on any atom is -0.305 e. The van der Waals surface area contributed by atoms with Crippen LogP contribution in [-0.2, 0) is 13.1 Å². The molecule has 2 heterocycles. The zero-order valence-electron chi connectivity index (χ0n) is 11.5. The SMILES string of the molecule is CCn1nc(C)c(Cl)c1CN[C@H](C)c1ccncc1. The molecule has 4 nitrogen and oxygen atoms in total. The van der Waals surface area contributed by atoms with Crippen molar-refractivity contribution < 1.29 is 0 Å². The van der Waals surface area contributed by atoms with Crippen LogP contribution in [0.1, 0.15) is 36.8 Å². The van der Waals surface area contributed by atoms with Crippen LogP contribution < -0.4 is 5.32 Å². The van der Waals surface area contributed by atoms with E-state index in [0.717, 1.165) is 23.0 Å². The molecule has 5 heteroatoms. The summed E-state index contributed by atoms with van der Waals surface area (Å²) >= 11 is 6.29. The Hall–Kier alpha value is -1.39.